The Bertz CT molecular complexity index is 703. The third kappa shape index (κ3) is 3.67. The third-order valence-corrected chi connectivity index (χ3v) is 4.89. The Kier molecular flexibility index (Phi) is 4.85. The Labute approximate surface area is 139 Å². The van der Waals surface area contributed by atoms with E-state index in [1.165, 1.54) is 10.5 Å². The molecule has 0 saturated carbocycles. The number of nitrogens with zero attached hydrogens (tertiary/aromatic N) is 1. The van der Waals surface area contributed by atoms with Gasteiger partial charge in [-0.15, -0.1) is 0 Å². The standard InChI is InChI=1S/C17H18N2O3S/c1-22-15-4-6-16(7-5-15)23-19-9-8-12-10-13(17(20)18-21)2-3-14(12)11-19/h2-7,10,21H,8-9,11H2,1H3,(H,18,20). The second kappa shape index (κ2) is 7.04. The van der Waals surface area contributed by atoms with Gasteiger partial charge in [-0.1, -0.05) is 6.07 Å². The molecule has 0 aromatic heterocycles. The van der Waals surface area contributed by atoms with Crippen LogP contribution in [0.3, 0.4) is 0 Å². The van der Waals surface area contributed by atoms with Crippen molar-refractivity contribution in [2.75, 3.05) is 13.7 Å². The fourth-order valence-electron chi connectivity index (χ4n) is 2.60. The Morgan fingerprint density at radius 2 is 2.00 bits per heavy atom. The van der Waals surface area contributed by atoms with Crippen molar-refractivity contribution in [3.05, 3.63) is 59.2 Å². The molecule has 0 aliphatic carbocycles. The summed E-state index contributed by atoms with van der Waals surface area (Å²) in [6, 6.07) is 13.6. The number of carbonyl (C=O) groups excluding carboxylic acids is 1. The molecule has 0 atom stereocenters. The van der Waals surface area contributed by atoms with Gasteiger partial charge in [0.2, 0.25) is 0 Å². The summed E-state index contributed by atoms with van der Waals surface area (Å²) in [6.07, 6.45) is 0.880. The van der Waals surface area contributed by atoms with Crippen molar-refractivity contribution in [3.8, 4) is 5.75 Å². The number of hydroxylamine groups is 1. The minimum Gasteiger partial charge on any atom is -0.497 e. The van der Waals surface area contributed by atoms with Gasteiger partial charge in [-0.25, -0.2) is 9.79 Å². The molecule has 120 valence electrons. The largest absolute Gasteiger partial charge is 0.497 e. The van der Waals surface area contributed by atoms with Crippen LogP contribution in [-0.4, -0.2) is 29.1 Å². The van der Waals surface area contributed by atoms with Gasteiger partial charge in [0.1, 0.15) is 5.75 Å². The Morgan fingerprint density at radius 3 is 2.70 bits per heavy atom. The molecule has 0 bridgehead atoms. The molecule has 1 amide bonds. The summed E-state index contributed by atoms with van der Waals surface area (Å²) in [5, 5.41) is 8.72. The van der Waals surface area contributed by atoms with Crippen molar-refractivity contribution in [2.24, 2.45) is 0 Å². The fraction of sp³-hybridized carbons (Fsp3) is 0.235. The lowest BCUT2D eigenvalue weighted by molar-refractivity contribution is 0.0706. The Morgan fingerprint density at radius 1 is 1.22 bits per heavy atom. The number of fused-ring (bicyclic) bond motifs is 1. The van der Waals surface area contributed by atoms with Crippen LogP contribution >= 0.6 is 11.9 Å². The summed E-state index contributed by atoms with van der Waals surface area (Å²) in [6.45, 7) is 1.74. The first kappa shape index (κ1) is 15.9. The molecule has 6 heteroatoms. The zero-order valence-electron chi connectivity index (χ0n) is 12.8. The normalized spacial score (nSPS) is 14.2. The van der Waals surface area contributed by atoms with Crippen LogP contribution in [-0.2, 0) is 13.0 Å². The molecule has 2 N–H and O–H groups in total. The zero-order chi connectivity index (χ0) is 16.2. The minimum atomic E-state index is -0.470. The number of benzene rings is 2. The highest BCUT2D eigenvalue weighted by Gasteiger charge is 2.18. The molecule has 0 spiro atoms. The SMILES string of the molecule is COc1ccc(SN2CCc3cc(C(=O)NO)ccc3C2)cc1. The van der Waals surface area contributed by atoms with Crippen molar-refractivity contribution in [3.63, 3.8) is 0 Å². The van der Waals surface area contributed by atoms with Crippen LogP contribution in [0.15, 0.2) is 47.4 Å². The van der Waals surface area contributed by atoms with E-state index in [0.29, 0.717) is 5.56 Å². The molecule has 1 aliphatic rings. The van der Waals surface area contributed by atoms with Gasteiger partial charge in [0.05, 0.1) is 7.11 Å². The first-order chi connectivity index (χ1) is 11.2. The second-order valence-corrected chi connectivity index (χ2v) is 6.48. The van der Waals surface area contributed by atoms with Gasteiger partial charge in [0.15, 0.2) is 0 Å². The van der Waals surface area contributed by atoms with Crippen LogP contribution in [0.2, 0.25) is 0 Å². The second-order valence-electron chi connectivity index (χ2n) is 5.30. The van der Waals surface area contributed by atoms with E-state index in [1.54, 1.807) is 30.6 Å². The average molecular weight is 330 g/mol. The molecule has 1 aliphatic heterocycles. The molecule has 0 radical (unpaired) electrons. The van der Waals surface area contributed by atoms with Crippen LogP contribution in [0.4, 0.5) is 0 Å². The third-order valence-electron chi connectivity index (χ3n) is 3.84. The van der Waals surface area contributed by atoms with Crippen molar-refractivity contribution in [1.82, 2.24) is 9.79 Å². The van der Waals surface area contributed by atoms with Gasteiger partial charge in [-0.3, -0.25) is 10.0 Å². The quantitative estimate of drug-likeness (QED) is 0.513. The molecular formula is C17H18N2O3S. The number of ether oxygens (including phenoxy) is 1. The van der Waals surface area contributed by atoms with Crippen LogP contribution < -0.4 is 10.2 Å². The number of amides is 1. The highest BCUT2D eigenvalue weighted by Crippen LogP contribution is 2.30. The highest BCUT2D eigenvalue weighted by atomic mass is 32.2. The summed E-state index contributed by atoms with van der Waals surface area (Å²) < 4.78 is 7.47. The first-order valence-corrected chi connectivity index (χ1v) is 8.10. The van der Waals surface area contributed by atoms with Gasteiger partial charge in [-0.05, 0) is 65.9 Å². The maximum Gasteiger partial charge on any atom is 0.274 e. The lowest BCUT2D eigenvalue weighted by Crippen LogP contribution is -2.25. The maximum atomic E-state index is 11.5. The fourth-order valence-corrected chi connectivity index (χ4v) is 3.54. The summed E-state index contributed by atoms with van der Waals surface area (Å²) in [5.74, 6) is 0.385. The number of rotatable bonds is 4. The maximum absolute atomic E-state index is 11.5. The lowest BCUT2D eigenvalue weighted by atomic mass is 9.98. The zero-order valence-corrected chi connectivity index (χ0v) is 13.6. The molecule has 23 heavy (non-hydrogen) atoms. The summed E-state index contributed by atoms with van der Waals surface area (Å²) in [7, 11) is 1.66. The van der Waals surface area contributed by atoms with E-state index in [1.807, 2.05) is 36.4 Å². The first-order valence-electron chi connectivity index (χ1n) is 7.33. The summed E-state index contributed by atoms with van der Waals surface area (Å²) >= 11 is 1.72. The Balaban J connectivity index is 1.68. The predicted octanol–water partition coefficient (Wildman–Crippen LogP) is 2.88. The molecule has 0 unspecified atom stereocenters. The topological polar surface area (TPSA) is 61.8 Å². The molecular weight excluding hydrogens is 312 g/mol. The average Bonchev–Trinajstić information content (AvgIpc) is 2.61. The number of methoxy groups -OCH3 is 1. The molecule has 3 rings (SSSR count). The van der Waals surface area contributed by atoms with Gasteiger partial charge in [-0.2, -0.15) is 0 Å². The van der Waals surface area contributed by atoms with Gasteiger partial charge in [0.25, 0.3) is 5.91 Å². The van der Waals surface area contributed by atoms with Crippen molar-refractivity contribution in [2.45, 2.75) is 17.9 Å². The summed E-state index contributed by atoms with van der Waals surface area (Å²) in [5.41, 5.74) is 4.54. The van der Waals surface area contributed by atoms with E-state index in [-0.39, 0.29) is 0 Å². The number of hydrogen-bond acceptors (Lipinski definition) is 5. The van der Waals surface area contributed by atoms with Crippen LogP contribution in [0, 0.1) is 0 Å². The van der Waals surface area contributed by atoms with E-state index < -0.39 is 5.91 Å². The molecule has 5 nitrogen and oxygen atoms in total. The van der Waals surface area contributed by atoms with Crippen LogP contribution in [0.25, 0.3) is 0 Å². The van der Waals surface area contributed by atoms with Crippen molar-refractivity contribution >= 4 is 17.9 Å². The molecule has 1 heterocycles. The smallest absolute Gasteiger partial charge is 0.274 e. The number of carbonyl (C=O) groups is 1. The van der Waals surface area contributed by atoms with Crippen molar-refractivity contribution < 1.29 is 14.7 Å². The van der Waals surface area contributed by atoms with Gasteiger partial charge >= 0.3 is 0 Å². The van der Waals surface area contributed by atoms with Crippen molar-refractivity contribution in [1.29, 1.82) is 0 Å². The molecule has 2 aromatic carbocycles. The van der Waals surface area contributed by atoms with E-state index in [4.69, 9.17) is 9.94 Å². The van der Waals surface area contributed by atoms with Crippen LogP contribution in [0.5, 0.6) is 5.75 Å². The van der Waals surface area contributed by atoms with Gasteiger partial charge < -0.3 is 4.74 Å². The van der Waals surface area contributed by atoms with E-state index >= 15 is 0 Å². The molecule has 2 aromatic rings. The van der Waals surface area contributed by atoms with E-state index in [9.17, 15) is 4.79 Å². The highest BCUT2D eigenvalue weighted by molar-refractivity contribution is 7.97. The lowest BCUT2D eigenvalue weighted by Gasteiger charge is -2.27. The van der Waals surface area contributed by atoms with Crippen LogP contribution in [0.1, 0.15) is 21.5 Å². The molecule has 0 fully saturated rings. The van der Waals surface area contributed by atoms with E-state index in [2.05, 4.69) is 4.31 Å². The summed E-state index contributed by atoms with van der Waals surface area (Å²) in [4.78, 5) is 12.6. The van der Waals surface area contributed by atoms with E-state index in [0.717, 1.165) is 30.8 Å². The minimum absolute atomic E-state index is 0.470. The Hall–Kier alpha value is -2.02. The number of hydrogen-bond donors (Lipinski definition) is 2. The van der Waals surface area contributed by atoms with Gasteiger partial charge in [0, 0.05) is 23.5 Å². The number of nitrogens with one attached hydrogen (secondary N) is 1. The monoisotopic (exact) mass is 330 g/mol. The molecule has 0 saturated heterocycles. The predicted molar refractivity (Wildman–Crippen MR) is 88.7 cm³/mol.